The van der Waals surface area contributed by atoms with E-state index in [2.05, 4.69) is 54.2 Å². The molecule has 1 N–H and O–H groups in total. The Morgan fingerprint density at radius 2 is 2.15 bits per heavy atom. The van der Waals surface area contributed by atoms with E-state index in [4.69, 9.17) is 9.47 Å². The van der Waals surface area contributed by atoms with Crippen LogP contribution in [0.3, 0.4) is 0 Å². The van der Waals surface area contributed by atoms with Crippen LogP contribution in [0.1, 0.15) is 32.3 Å². The maximum Gasteiger partial charge on any atom is 0.134 e. The van der Waals surface area contributed by atoms with Gasteiger partial charge < -0.3 is 14.8 Å². The van der Waals surface area contributed by atoms with E-state index in [9.17, 15) is 0 Å². The number of halogens is 1. The number of hydrogen-bond acceptors (Lipinski definition) is 3. The summed E-state index contributed by atoms with van der Waals surface area (Å²) in [5, 5.41) is 3.46. The lowest BCUT2D eigenvalue weighted by molar-refractivity contribution is -0.107. The zero-order valence-electron chi connectivity index (χ0n) is 12.5. The van der Waals surface area contributed by atoms with Gasteiger partial charge in [0.05, 0.1) is 4.47 Å². The van der Waals surface area contributed by atoms with Crippen molar-refractivity contribution in [1.29, 1.82) is 0 Å². The minimum atomic E-state index is 0.143. The molecule has 0 saturated heterocycles. The van der Waals surface area contributed by atoms with E-state index in [1.165, 1.54) is 5.56 Å². The second kappa shape index (κ2) is 7.43. The van der Waals surface area contributed by atoms with E-state index < -0.39 is 0 Å². The summed E-state index contributed by atoms with van der Waals surface area (Å²) >= 11 is 3.57. The van der Waals surface area contributed by atoms with E-state index in [0.29, 0.717) is 6.04 Å². The third-order valence-electron chi connectivity index (χ3n) is 3.60. The zero-order chi connectivity index (χ0) is 14.5. The van der Waals surface area contributed by atoms with Gasteiger partial charge in [-0.25, -0.2) is 0 Å². The molecule has 20 heavy (non-hydrogen) atoms. The van der Waals surface area contributed by atoms with Gasteiger partial charge in [-0.05, 0) is 53.5 Å². The van der Waals surface area contributed by atoms with E-state index in [0.717, 1.165) is 36.2 Å². The van der Waals surface area contributed by atoms with Gasteiger partial charge in [0, 0.05) is 19.1 Å². The molecule has 0 aromatic heterocycles. The number of nitrogens with one attached hydrogen (secondary N) is 1. The van der Waals surface area contributed by atoms with Crippen molar-refractivity contribution in [3.05, 3.63) is 28.2 Å². The first kappa shape index (κ1) is 15.8. The summed E-state index contributed by atoms with van der Waals surface area (Å²) in [5.74, 6) is 0.903. The van der Waals surface area contributed by atoms with Gasteiger partial charge in [0.15, 0.2) is 0 Å². The molecule has 2 rings (SSSR count). The Balaban J connectivity index is 1.97. The third-order valence-corrected chi connectivity index (χ3v) is 4.22. The number of benzene rings is 1. The van der Waals surface area contributed by atoms with Crippen LogP contribution < -0.4 is 10.1 Å². The largest absolute Gasteiger partial charge is 0.486 e. The van der Waals surface area contributed by atoms with Crippen LogP contribution in [0.4, 0.5) is 0 Å². The molecule has 0 radical (unpaired) electrons. The van der Waals surface area contributed by atoms with E-state index >= 15 is 0 Å². The number of ether oxygens (including phenoxy) is 2. The van der Waals surface area contributed by atoms with Crippen LogP contribution in [0.5, 0.6) is 5.75 Å². The van der Waals surface area contributed by atoms with Crippen LogP contribution in [0.15, 0.2) is 22.7 Å². The third kappa shape index (κ3) is 3.74. The van der Waals surface area contributed by atoms with Crippen molar-refractivity contribution in [3.63, 3.8) is 0 Å². The molecule has 1 aromatic rings. The first-order valence-corrected chi connectivity index (χ1v) is 8.22. The quantitative estimate of drug-likeness (QED) is 0.820. The molecular weight excluding hydrogens is 318 g/mol. The lowest BCUT2D eigenvalue weighted by atomic mass is 9.85. The Kier molecular flexibility index (Phi) is 5.87. The van der Waals surface area contributed by atoms with Gasteiger partial charge in [-0.15, -0.1) is 0 Å². The molecule has 1 fully saturated rings. The summed E-state index contributed by atoms with van der Waals surface area (Å²) in [7, 11) is 0. The van der Waals surface area contributed by atoms with Crippen LogP contribution >= 0.6 is 15.9 Å². The summed E-state index contributed by atoms with van der Waals surface area (Å²) in [4.78, 5) is 0. The van der Waals surface area contributed by atoms with Gasteiger partial charge in [-0.3, -0.25) is 0 Å². The maximum atomic E-state index is 6.11. The van der Waals surface area contributed by atoms with Crippen molar-refractivity contribution >= 4 is 15.9 Å². The van der Waals surface area contributed by atoms with Crippen molar-refractivity contribution in [1.82, 2.24) is 5.32 Å². The fourth-order valence-electron chi connectivity index (χ4n) is 2.50. The van der Waals surface area contributed by atoms with Crippen molar-refractivity contribution in [3.8, 4) is 5.75 Å². The lowest BCUT2D eigenvalue weighted by Gasteiger charge is -2.44. The molecule has 0 amide bonds. The van der Waals surface area contributed by atoms with Gasteiger partial charge in [-0.2, -0.15) is 0 Å². The smallest absolute Gasteiger partial charge is 0.134 e. The molecule has 0 spiro atoms. The van der Waals surface area contributed by atoms with Crippen LogP contribution in [0.2, 0.25) is 0 Å². The van der Waals surface area contributed by atoms with Gasteiger partial charge in [0.25, 0.3) is 0 Å². The fourth-order valence-corrected chi connectivity index (χ4v) is 3.09. The van der Waals surface area contributed by atoms with Gasteiger partial charge in [0.2, 0.25) is 0 Å². The molecule has 3 atom stereocenters. The lowest BCUT2D eigenvalue weighted by Crippen LogP contribution is -2.61. The number of rotatable bonds is 7. The molecule has 3 unspecified atom stereocenters. The minimum Gasteiger partial charge on any atom is -0.486 e. The zero-order valence-corrected chi connectivity index (χ0v) is 14.1. The predicted molar refractivity (Wildman–Crippen MR) is 85.4 cm³/mol. The van der Waals surface area contributed by atoms with E-state index in [1.807, 2.05) is 6.07 Å². The number of aryl methyl sites for hydroxylation is 1. The first-order valence-electron chi connectivity index (χ1n) is 7.43. The standard InChI is InChI=1S/C16H24BrNO2/c1-4-8-19-16-13(18-5-2)10-15(16)20-14-7-6-11(3)9-12(14)17/h6-7,9,13,15-16,18H,4-5,8,10H2,1-3H3. The monoisotopic (exact) mass is 341 g/mol. The number of hydrogen-bond donors (Lipinski definition) is 1. The van der Waals surface area contributed by atoms with Gasteiger partial charge >= 0.3 is 0 Å². The summed E-state index contributed by atoms with van der Waals surface area (Å²) in [6, 6.07) is 6.59. The highest BCUT2D eigenvalue weighted by molar-refractivity contribution is 9.10. The molecular formula is C16H24BrNO2. The van der Waals surface area contributed by atoms with Crippen molar-refractivity contribution in [2.24, 2.45) is 0 Å². The molecule has 0 heterocycles. The maximum absolute atomic E-state index is 6.11. The van der Waals surface area contributed by atoms with Crippen LogP contribution in [0.25, 0.3) is 0 Å². The highest BCUT2D eigenvalue weighted by Crippen LogP contribution is 2.33. The van der Waals surface area contributed by atoms with Crippen molar-refractivity contribution in [2.45, 2.75) is 51.9 Å². The average molecular weight is 342 g/mol. The Bertz CT molecular complexity index is 438. The highest BCUT2D eigenvalue weighted by Gasteiger charge is 2.43. The molecule has 4 heteroatoms. The predicted octanol–water partition coefficient (Wildman–Crippen LogP) is 3.68. The molecule has 0 aliphatic heterocycles. The highest BCUT2D eigenvalue weighted by atomic mass is 79.9. The summed E-state index contributed by atoms with van der Waals surface area (Å²) in [6.07, 6.45) is 2.34. The molecule has 112 valence electrons. The van der Waals surface area contributed by atoms with Crippen molar-refractivity contribution < 1.29 is 9.47 Å². The Morgan fingerprint density at radius 3 is 2.80 bits per heavy atom. The second-order valence-electron chi connectivity index (χ2n) is 5.33. The van der Waals surface area contributed by atoms with Gasteiger partial charge in [0.1, 0.15) is 18.0 Å². The molecule has 0 bridgehead atoms. The van der Waals surface area contributed by atoms with Crippen LogP contribution in [-0.2, 0) is 4.74 Å². The Morgan fingerprint density at radius 1 is 1.35 bits per heavy atom. The molecule has 1 saturated carbocycles. The number of likely N-dealkylation sites (N-methyl/N-ethyl adjacent to an activating group) is 1. The second-order valence-corrected chi connectivity index (χ2v) is 6.18. The minimum absolute atomic E-state index is 0.143. The Hall–Kier alpha value is -0.580. The molecule has 1 aliphatic rings. The molecule has 1 aliphatic carbocycles. The average Bonchev–Trinajstić information content (AvgIpc) is 2.40. The van der Waals surface area contributed by atoms with E-state index in [-0.39, 0.29) is 12.2 Å². The molecule has 1 aromatic carbocycles. The fraction of sp³-hybridized carbons (Fsp3) is 0.625. The van der Waals surface area contributed by atoms with E-state index in [1.54, 1.807) is 0 Å². The van der Waals surface area contributed by atoms with Crippen LogP contribution in [0, 0.1) is 6.92 Å². The summed E-state index contributed by atoms with van der Waals surface area (Å²) < 4.78 is 13.1. The summed E-state index contributed by atoms with van der Waals surface area (Å²) in [6.45, 7) is 8.10. The van der Waals surface area contributed by atoms with Crippen LogP contribution in [-0.4, -0.2) is 31.4 Å². The normalized spacial score (nSPS) is 25.3. The first-order chi connectivity index (χ1) is 9.65. The topological polar surface area (TPSA) is 30.5 Å². The van der Waals surface area contributed by atoms with Crippen molar-refractivity contribution in [2.75, 3.05) is 13.2 Å². The molecule has 3 nitrogen and oxygen atoms in total. The van der Waals surface area contributed by atoms with Gasteiger partial charge in [-0.1, -0.05) is 19.9 Å². The Labute approximate surface area is 130 Å². The SMILES string of the molecule is CCCOC1C(NCC)CC1Oc1ccc(C)cc1Br. The summed E-state index contributed by atoms with van der Waals surface area (Å²) in [5.41, 5.74) is 1.22.